The molecule has 0 aliphatic carbocycles. The van der Waals surface area contributed by atoms with Crippen LogP contribution in [0.1, 0.15) is 81.1 Å². The molecule has 0 rings (SSSR count). The van der Waals surface area contributed by atoms with E-state index in [0.29, 0.717) is 12.8 Å². The Kier molecular flexibility index (Phi) is 28.7. The third-order valence-electron chi connectivity index (χ3n) is 2.14. The van der Waals surface area contributed by atoms with Crippen LogP contribution < -0.4 is 10.2 Å². The summed E-state index contributed by atoms with van der Waals surface area (Å²) in [7, 11) is 0. The number of Topliss-reactive ketones (excluding diaryl/α,β-unsaturated/α-hetero) is 2. The third kappa shape index (κ3) is 58.4. The number of aliphatic hydroxyl groups is 2. The Morgan fingerprint density at radius 3 is 0.931 bits per heavy atom. The summed E-state index contributed by atoms with van der Waals surface area (Å²) in [5.41, 5.74) is -0.265. The minimum atomic E-state index is -1.29. The molecule has 0 radical (unpaired) electrons. The zero-order valence-corrected chi connectivity index (χ0v) is 20.6. The Labute approximate surface area is 190 Å². The van der Waals surface area contributed by atoms with E-state index in [-0.39, 0.29) is 57.3 Å². The minimum absolute atomic E-state index is 0. The maximum atomic E-state index is 10.8. The fourth-order valence-electron chi connectivity index (χ4n) is 1.63. The molecule has 0 saturated carbocycles. The molecule has 170 valence electrons. The van der Waals surface area contributed by atoms with Crippen LogP contribution in [0.3, 0.4) is 0 Å². The molecule has 0 aromatic rings. The van der Waals surface area contributed by atoms with E-state index < -0.39 is 24.8 Å². The van der Waals surface area contributed by atoms with Gasteiger partial charge in [-0.05, 0) is 24.7 Å². The van der Waals surface area contributed by atoms with Crippen molar-refractivity contribution in [2.24, 2.45) is 10.8 Å². The van der Waals surface area contributed by atoms with Gasteiger partial charge >= 0.3 is 21.7 Å². The van der Waals surface area contributed by atoms with Crippen molar-refractivity contribution in [1.29, 1.82) is 0 Å². The topological polar surface area (TPSA) is 155 Å². The monoisotopic (exact) mass is 454 g/mol. The van der Waals surface area contributed by atoms with Gasteiger partial charge in [-0.1, -0.05) is 41.5 Å². The van der Waals surface area contributed by atoms with Gasteiger partial charge in [0.2, 0.25) is 0 Å². The van der Waals surface area contributed by atoms with Gasteiger partial charge < -0.3 is 30.0 Å². The number of carbonyl (C=O) groups is 4. The van der Waals surface area contributed by atoms with Crippen molar-refractivity contribution in [3.8, 4) is 0 Å². The van der Waals surface area contributed by atoms with E-state index in [0.717, 1.165) is 0 Å². The molecule has 0 heterocycles. The van der Waals surface area contributed by atoms with Gasteiger partial charge in [0.25, 0.3) is 0 Å². The van der Waals surface area contributed by atoms with Gasteiger partial charge in [0, 0.05) is 50.8 Å². The minimum Gasteiger partial charge on any atom is -0.550 e. The number of carboxylic acids is 2. The van der Waals surface area contributed by atoms with Gasteiger partial charge in [-0.2, -0.15) is 0 Å². The predicted octanol–water partition coefficient (Wildman–Crippen LogP) is 0.258. The van der Waals surface area contributed by atoms with Gasteiger partial charge in [0.05, 0.1) is 0 Å². The maximum absolute atomic E-state index is 10.8. The quantitative estimate of drug-likeness (QED) is 0.428. The van der Waals surface area contributed by atoms with Crippen molar-refractivity contribution in [3.63, 3.8) is 0 Å². The number of hydrogen-bond donors (Lipinski definition) is 2. The van der Waals surface area contributed by atoms with E-state index in [1.165, 1.54) is 0 Å². The first-order chi connectivity index (χ1) is 12.4. The van der Waals surface area contributed by atoms with E-state index in [4.69, 9.17) is 10.2 Å². The molecule has 0 bridgehead atoms. The smallest absolute Gasteiger partial charge is 0.550 e. The summed E-state index contributed by atoms with van der Waals surface area (Å²) in [4.78, 5) is 41.6. The summed E-state index contributed by atoms with van der Waals surface area (Å²) in [5.74, 6) is -3.12. The van der Waals surface area contributed by atoms with Crippen LogP contribution in [-0.2, 0) is 40.9 Å². The van der Waals surface area contributed by atoms with Gasteiger partial charge in [0.15, 0.2) is 0 Å². The van der Waals surface area contributed by atoms with Crippen molar-refractivity contribution < 1.29 is 61.3 Å². The standard InChI is InChI=1S/2C8H14O3.2C2H6O.Ti/c2*1-8(2,3)5-6(9)4-7(10)11;2*1-2-3;/h2*4-5H2,1-3H3,(H,10,11);2*3H,2H2,1H3;/q;;;;+2/p-2. The fourth-order valence-corrected chi connectivity index (χ4v) is 1.63. The normalized spacial score (nSPS) is 9.72. The van der Waals surface area contributed by atoms with Gasteiger partial charge in [-0.15, -0.1) is 0 Å². The second-order valence-electron chi connectivity index (χ2n) is 8.28. The third-order valence-corrected chi connectivity index (χ3v) is 2.14. The summed E-state index contributed by atoms with van der Waals surface area (Å²) in [5, 5.41) is 35.1. The molecule has 29 heavy (non-hydrogen) atoms. The van der Waals surface area contributed by atoms with E-state index in [9.17, 15) is 29.4 Å². The zero-order valence-electron chi connectivity index (χ0n) is 19.1. The first-order valence-electron chi connectivity index (χ1n) is 9.10. The molecule has 8 nitrogen and oxygen atoms in total. The van der Waals surface area contributed by atoms with Crippen molar-refractivity contribution in [1.82, 2.24) is 0 Å². The predicted molar refractivity (Wildman–Crippen MR) is 103 cm³/mol. The summed E-state index contributed by atoms with van der Waals surface area (Å²) >= 11 is 0. The molecule has 0 fully saturated rings. The second-order valence-corrected chi connectivity index (χ2v) is 8.28. The number of rotatable bonds is 6. The van der Waals surface area contributed by atoms with E-state index in [1.54, 1.807) is 13.8 Å². The molecule has 0 spiro atoms. The van der Waals surface area contributed by atoms with Crippen LogP contribution in [0, 0.1) is 10.8 Å². The van der Waals surface area contributed by atoms with Crippen molar-refractivity contribution in [3.05, 3.63) is 0 Å². The molecule has 0 saturated heterocycles. The number of carbonyl (C=O) groups excluding carboxylic acids is 4. The Morgan fingerprint density at radius 2 is 0.828 bits per heavy atom. The second kappa shape index (κ2) is 21.6. The maximum Gasteiger partial charge on any atom is 2.00 e. The molecular weight excluding hydrogens is 416 g/mol. The average Bonchev–Trinajstić information content (AvgIpc) is 2.33. The van der Waals surface area contributed by atoms with Crippen molar-refractivity contribution >= 4 is 23.5 Å². The number of aliphatic hydroxyl groups excluding tert-OH is 2. The number of hydrogen-bond acceptors (Lipinski definition) is 8. The van der Waals surface area contributed by atoms with E-state index in [2.05, 4.69) is 0 Å². The van der Waals surface area contributed by atoms with Crippen LogP contribution in [-0.4, -0.2) is 46.9 Å². The fraction of sp³-hybridized carbons (Fsp3) is 0.800. The van der Waals surface area contributed by atoms with Crippen LogP contribution in [0.5, 0.6) is 0 Å². The SMILES string of the molecule is CC(C)(C)CC(=O)CC(=O)[O-].CC(C)(C)CC(=O)CC(=O)[O-].CCO.CCO.[Ti+2]. The van der Waals surface area contributed by atoms with Crippen LogP contribution in [0.25, 0.3) is 0 Å². The number of ketones is 2. The van der Waals surface area contributed by atoms with Gasteiger partial charge in [-0.25, -0.2) is 0 Å². The first kappa shape index (κ1) is 38.5. The first-order valence-corrected chi connectivity index (χ1v) is 9.10. The van der Waals surface area contributed by atoms with Crippen molar-refractivity contribution in [2.45, 2.75) is 81.1 Å². The van der Waals surface area contributed by atoms with Crippen molar-refractivity contribution in [2.75, 3.05) is 13.2 Å². The molecule has 2 N–H and O–H groups in total. The van der Waals surface area contributed by atoms with Crippen LogP contribution in [0.4, 0.5) is 0 Å². The van der Waals surface area contributed by atoms with Gasteiger partial charge in [-0.3, -0.25) is 9.59 Å². The molecule has 0 aromatic carbocycles. The van der Waals surface area contributed by atoms with E-state index in [1.807, 2.05) is 41.5 Å². The summed E-state index contributed by atoms with van der Waals surface area (Å²) in [6.45, 7) is 15.2. The van der Waals surface area contributed by atoms with Crippen LogP contribution in [0.15, 0.2) is 0 Å². The Balaban J connectivity index is -0.000000101. The van der Waals surface area contributed by atoms with Crippen LogP contribution >= 0.6 is 0 Å². The summed E-state index contributed by atoms with van der Waals surface area (Å²) < 4.78 is 0. The molecule has 9 heteroatoms. The van der Waals surface area contributed by atoms with Gasteiger partial charge in [0.1, 0.15) is 11.6 Å². The van der Waals surface area contributed by atoms with Crippen LogP contribution in [0.2, 0.25) is 0 Å². The Bertz CT molecular complexity index is 406. The molecule has 0 aliphatic rings. The Morgan fingerprint density at radius 1 is 0.655 bits per heavy atom. The molecule has 0 aliphatic heterocycles. The average molecular weight is 454 g/mol. The Hall–Kier alpha value is -1.09. The summed E-state index contributed by atoms with van der Waals surface area (Å²) in [6, 6.07) is 0. The van der Waals surface area contributed by atoms with E-state index >= 15 is 0 Å². The molecule has 0 aromatic heterocycles. The number of carboxylic acid groups (broad SMARTS) is 2. The molecule has 0 unspecified atom stereocenters. The number of aliphatic carboxylic acids is 2. The molecule has 0 amide bonds. The molecule has 0 atom stereocenters. The molecular formula is C20H38O8Ti. The summed E-state index contributed by atoms with van der Waals surface area (Å²) in [6.07, 6.45) is -0.337. The zero-order chi connectivity index (χ0) is 23.6. The largest absolute Gasteiger partial charge is 2.00 e.